The van der Waals surface area contributed by atoms with Crippen LogP contribution in [-0.4, -0.2) is 25.8 Å². The largest absolute Gasteiger partial charge is 0.375 e. The summed E-state index contributed by atoms with van der Waals surface area (Å²) in [6.07, 6.45) is 6.00. The number of hydrogen-bond donors (Lipinski definition) is 1. The van der Waals surface area contributed by atoms with Crippen LogP contribution in [-0.2, 0) is 4.74 Å². The summed E-state index contributed by atoms with van der Waals surface area (Å²) in [5.74, 6) is 0. The van der Waals surface area contributed by atoms with E-state index in [1.807, 2.05) is 0 Å². The second-order valence-electron chi connectivity index (χ2n) is 4.42. The van der Waals surface area contributed by atoms with Crippen molar-refractivity contribution in [2.45, 2.75) is 38.7 Å². The molecule has 1 aliphatic heterocycles. The molecule has 1 saturated carbocycles. The van der Waals surface area contributed by atoms with Crippen LogP contribution in [0, 0.1) is 5.41 Å². The summed E-state index contributed by atoms with van der Waals surface area (Å²) in [6, 6.07) is 0. The lowest BCUT2D eigenvalue weighted by Crippen LogP contribution is -2.46. The fourth-order valence-electron chi connectivity index (χ4n) is 2.52. The van der Waals surface area contributed by atoms with Gasteiger partial charge in [-0.2, -0.15) is 0 Å². The SMILES string of the molecule is CC1(C2CNCCO2)CCCC1. The van der Waals surface area contributed by atoms with Gasteiger partial charge in [0.05, 0.1) is 12.7 Å². The zero-order valence-electron chi connectivity index (χ0n) is 7.94. The molecule has 0 spiro atoms. The van der Waals surface area contributed by atoms with Crippen molar-refractivity contribution in [1.82, 2.24) is 5.32 Å². The molecule has 2 fully saturated rings. The van der Waals surface area contributed by atoms with Crippen molar-refractivity contribution in [3.63, 3.8) is 0 Å². The minimum Gasteiger partial charge on any atom is -0.375 e. The topological polar surface area (TPSA) is 21.3 Å². The molecule has 1 N–H and O–H groups in total. The zero-order valence-corrected chi connectivity index (χ0v) is 7.94. The molecule has 1 heterocycles. The highest BCUT2D eigenvalue weighted by Gasteiger charge is 2.38. The Morgan fingerprint density at radius 2 is 2.08 bits per heavy atom. The number of morpholine rings is 1. The lowest BCUT2D eigenvalue weighted by Gasteiger charge is -2.36. The summed E-state index contributed by atoms with van der Waals surface area (Å²) in [4.78, 5) is 0. The van der Waals surface area contributed by atoms with Crippen molar-refractivity contribution >= 4 is 0 Å². The van der Waals surface area contributed by atoms with Crippen molar-refractivity contribution in [3.05, 3.63) is 0 Å². The van der Waals surface area contributed by atoms with E-state index in [4.69, 9.17) is 4.74 Å². The molecule has 2 rings (SSSR count). The van der Waals surface area contributed by atoms with Crippen LogP contribution < -0.4 is 5.32 Å². The normalized spacial score (nSPS) is 35.2. The zero-order chi connectivity index (χ0) is 8.44. The van der Waals surface area contributed by atoms with Gasteiger partial charge in [0.1, 0.15) is 0 Å². The van der Waals surface area contributed by atoms with Gasteiger partial charge in [0.25, 0.3) is 0 Å². The van der Waals surface area contributed by atoms with E-state index in [0.29, 0.717) is 11.5 Å². The van der Waals surface area contributed by atoms with Gasteiger partial charge >= 0.3 is 0 Å². The predicted molar refractivity (Wildman–Crippen MR) is 49.2 cm³/mol. The van der Waals surface area contributed by atoms with Gasteiger partial charge in [-0.3, -0.25) is 0 Å². The molecule has 1 unspecified atom stereocenters. The summed E-state index contributed by atoms with van der Waals surface area (Å²) in [5.41, 5.74) is 0.480. The molecule has 2 heteroatoms. The maximum atomic E-state index is 5.80. The van der Waals surface area contributed by atoms with Crippen molar-refractivity contribution in [2.24, 2.45) is 5.41 Å². The van der Waals surface area contributed by atoms with Gasteiger partial charge in [-0.05, 0) is 18.3 Å². The summed E-state index contributed by atoms with van der Waals surface area (Å²) in [5, 5.41) is 3.41. The van der Waals surface area contributed by atoms with E-state index in [2.05, 4.69) is 12.2 Å². The lowest BCUT2D eigenvalue weighted by atomic mass is 9.82. The van der Waals surface area contributed by atoms with Crippen molar-refractivity contribution in [3.8, 4) is 0 Å². The van der Waals surface area contributed by atoms with Crippen LogP contribution in [0.2, 0.25) is 0 Å². The van der Waals surface area contributed by atoms with Crippen LogP contribution >= 0.6 is 0 Å². The average molecular weight is 169 g/mol. The Morgan fingerprint density at radius 3 is 2.67 bits per heavy atom. The Hall–Kier alpha value is -0.0800. The molecule has 0 radical (unpaired) electrons. The Labute approximate surface area is 74.7 Å². The molecule has 0 bridgehead atoms. The first-order valence-electron chi connectivity index (χ1n) is 5.14. The summed E-state index contributed by atoms with van der Waals surface area (Å²) in [6.45, 7) is 5.39. The molecule has 2 aliphatic rings. The van der Waals surface area contributed by atoms with Crippen LogP contribution in [0.15, 0.2) is 0 Å². The maximum absolute atomic E-state index is 5.80. The van der Waals surface area contributed by atoms with Gasteiger partial charge in [0.15, 0.2) is 0 Å². The number of ether oxygens (including phenoxy) is 1. The van der Waals surface area contributed by atoms with Gasteiger partial charge in [-0.15, -0.1) is 0 Å². The highest BCUT2D eigenvalue weighted by molar-refractivity contribution is 4.90. The summed E-state index contributed by atoms with van der Waals surface area (Å²) in [7, 11) is 0. The maximum Gasteiger partial charge on any atom is 0.0753 e. The van der Waals surface area contributed by atoms with Crippen LogP contribution in [0.5, 0.6) is 0 Å². The highest BCUT2D eigenvalue weighted by atomic mass is 16.5. The Morgan fingerprint density at radius 1 is 1.33 bits per heavy atom. The molecule has 1 atom stereocenters. The van der Waals surface area contributed by atoms with Gasteiger partial charge in [-0.25, -0.2) is 0 Å². The minimum atomic E-state index is 0.480. The average Bonchev–Trinajstić information content (AvgIpc) is 2.55. The molecular weight excluding hydrogens is 150 g/mol. The Bertz CT molecular complexity index is 146. The first-order chi connectivity index (χ1) is 5.81. The molecule has 1 aliphatic carbocycles. The molecule has 12 heavy (non-hydrogen) atoms. The quantitative estimate of drug-likeness (QED) is 0.643. The van der Waals surface area contributed by atoms with E-state index >= 15 is 0 Å². The molecule has 2 nitrogen and oxygen atoms in total. The van der Waals surface area contributed by atoms with Gasteiger partial charge in [0, 0.05) is 13.1 Å². The predicted octanol–water partition coefficient (Wildman–Crippen LogP) is 1.56. The highest BCUT2D eigenvalue weighted by Crippen LogP contribution is 2.41. The second kappa shape index (κ2) is 3.35. The third-order valence-corrected chi connectivity index (χ3v) is 3.45. The summed E-state index contributed by atoms with van der Waals surface area (Å²) >= 11 is 0. The molecule has 0 aromatic rings. The van der Waals surface area contributed by atoms with E-state index in [-0.39, 0.29) is 0 Å². The van der Waals surface area contributed by atoms with Crippen LogP contribution in [0.1, 0.15) is 32.6 Å². The van der Waals surface area contributed by atoms with Crippen molar-refractivity contribution in [2.75, 3.05) is 19.7 Å². The molecule has 0 aromatic carbocycles. The van der Waals surface area contributed by atoms with E-state index in [9.17, 15) is 0 Å². The molecule has 0 aromatic heterocycles. The molecule has 1 saturated heterocycles. The van der Waals surface area contributed by atoms with Crippen molar-refractivity contribution < 1.29 is 4.74 Å². The first-order valence-corrected chi connectivity index (χ1v) is 5.14. The van der Waals surface area contributed by atoms with Crippen LogP contribution in [0.3, 0.4) is 0 Å². The molecule has 70 valence electrons. The van der Waals surface area contributed by atoms with E-state index in [1.54, 1.807) is 0 Å². The number of nitrogens with one attached hydrogen (secondary N) is 1. The van der Waals surface area contributed by atoms with Crippen LogP contribution in [0.25, 0.3) is 0 Å². The van der Waals surface area contributed by atoms with E-state index in [0.717, 1.165) is 19.7 Å². The number of hydrogen-bond acceptors (Lipinski definition) is 2. The van der Waals surface area contributed by atoms with Crippen LogP contribution in [0.4, 0.5) is 0 Å². The van der Waals surface area contributed by atoms with Gasteiger partial charge < -0.3 is 10.1 Å². The standard InChI is InChI=1S/C10H19NO/c1-10(4-2-3-5-10)9-8-11-6-7-12-9/h9,11H,2-8H2,1H3. The fourth-order valence-corrected chi connectivity index (χ4v) is 2.52. The van der Waals surface area contributed by atoms with Gasteiger partial charge in [-0.1, -0.05) is 19.8 Å². The summed E-state index contributed by atoms with van der Waals surface area (Å²) < 4.78 is 5.80. The van der Waals surface area contributed by atoms with Gasteiger partial charge in [0.2, 0.25) is 0 Å². The number of rotatable bonds is 1. The smallest absolute Gasteiger partial charge is 0.0753 e. The molecule has 0 amide bonds. The van der Waals surface area contributed by atoms with E-state index in [1.165, 1.54) is 25.7 Å². The Balaban J connectivity index is 1.96. The van der Waals surface area contributed by atoms with Crippen molar-refractivity contribution in [1.29, 1.82) is 0 Å². The lowest BCUT2D eigenvalue weighted by molar-refractivity contribution is -0.0482. The third-order valence-electron chi connectivity index (χ3n) is 3.45. The fraction of sp³-hybridized carbons (Fsp3) is 1.00. The Kier molecular flexibility index (Phi) is 2.37. The third kappa shape index (κ3) is 1.50. The minimum absolute atomic E-state index is 0.480. The van der Waals surface area contributed by atoms with E-state index < -0.39 is 0 Å². The second-order valence-corrected chi connectivity index (χ2v) is 4.42. The monoisotopic (exact) mass is 169 g/mol. The first kappa shape index (κ1) is 8.52. The molecular formula is C10H19NO.